The Morgan fingerprint density at radius 3 is 2.53 bits per heavy atom. The van der Waals surface area contributed by atoms with Gasteiger partial charge in [0.15, 0.2) is 5.78 Å². The molecule has 0 aliphatic carbocycles. The molecule has 0 N–H and O–H groups in total. The quantitative estimate of drug-likeness (QED) is 0.436. The molecule has 2 rings (SSSR count). The van der Waals surface area contributed by atoms with Gasteiger partial charge < -0.3 is 9.47 Å². The Labute approximate surface area is 97.3 Å². The molecule has 0 unspecified atom stereocenters. The van der Waals surface area contributed by atoms with Crippen LogP contribution in [0.5, 0.6) is 0 Å². The van der Waals surface area contributed by atoms with E-state index in [1.807, 2.05) is 0 Å². The molecule has 0 atom stereocenters. The molecule has 90 valence electrons. The van der Waals surface area contributed by atoms with Crippen LogP contribution in [-0.4, -0.2) is 36.6 Å². The van der Waals surface area contributed by atoms with Gasteiger partial charge in [0.25, 0.3) is 5.69 Å². The number of non-ortho nitro benzene ring substituents is 1. The van der Waals surface area contributed by atoms with E-state index >= 15 is 0 Å². The fourth-order valence-corrected chi connectivity index (χ4v) is 1.36. The first-order valence-electron chi connectivity index (χ1n) is 5.14. The van der Waals surface area contributed by atoms with Crippen molar-refractivity contribution in [2.45, 2.75) is 6.10 Å². The van der Waals surface area contributed by atoms with Gasteiger partial charge in [0, 0.05) is 17.7 Å². The van der Waals surface area contributed by atoms with Crippen molar-refractivity contribution in [2.75, 3.05) is 19.8 Å². The van der Waals surface area contributed by atoms with E-state index in [2.05, 4.69) is 0 Å². The lowest BCUT2D eigenvalue weighted by atomic mass is 10.1. The molecule has 1 fully saturated rings. The van der Waals surface area contributed by atoms with Crippen LogP contribution in [0.1, 0.15) is 10.4 Å². The minimum absolute atomic E-state index is 0.00278. The highest BCUT2D eigenvalue weighted by Gasteiger charge is 2.20. The Bertz CT molecular complexity index is 424. The molecule has 0 bridgehead atoms. The number of Topliss-reactive ketones (excluding diaryl/α,β-unsaturated/α-hetero) is 1. The van der Waals surface area contributed by atoms with Crippen molar-refractivity contribution in [3.05, 3.63) is 39.9 Å². The molecular weight excluding hydrogens is 226 g/mol. The van der Waals surface area contributed by atoms with Gasteiger partial charge in [-0.2, -0.15) is 0 Å². The minimum atomic E-state index is -0.504. The van der Waals surface area contributed by atoms with E-state index in [1.165, 1.54) is 24.3 Å². The summed E-state index contributed by atoms with van der Waals surface area (Å²) in [5, 5.41) is 10.4. The first-order chi connectivity index (χ1) is 8.16. The predicted octanol–water partition coefficient (Wildman–Crippen LogP) is 1.19. The van der Waals surface area contributed by atoms with Gasteiger partial charge in [-0.3, -0.25) is 14.9 Å². The predicted molar refractivity (Wildman–Crippen MR) is 58.0 cm³/mol. The molecule has 0 saturated carbocycles. The van der Waals surface area contributed by atoms with E-state index in [9.17, 15) is 14.9 Å². The minimum Gasteiger partial charge on any atom is -0.376 e. The van der Waals surface area contributed by atoms with Crippen molar-refractivity contribution < 1.29 is 19.2 Å². The van der Waals surface area contributed by atoms with Gasteiger partial charge in [0.05, 0.1) is 18.1 Å². The van der Waals surface area contributed by atoms with Crippen molar-refractivity contribution in [2.24, 2.45) is 0 Å². The van der Waals surface area contributed by atoms with Gasteiger partial charge in [-0.1, -0.05) is 0 Å². The Kier molecular flexibility index (Phi) is 3.46. The summed E-state index contributed by atoms with van der Waals surface area (Å²) in [6.45, 7) is 1.02. The second-order valence-electron chi connectivity index (χ2n) is 3.70. The summed E-state index contributed by atoms with van der Waals surface area (Å²) in [4.78, 5) is 21.6. The zero-order valence-corrected chi connectivity index (χ0v) is 9.00. The average molecular weight is 237 g/mol. The van der Waals surface area contributed by atoms with Gasteiger partial charge in [-0.25, -0.2) is 0 Å². The maximum Gasteiger partial charge on any atom is 0.269 e. The third kappa shape index (κ3) is 2.86. The van der Waals surface area contributed by atoms with Crippen molar-refractivity contribution >= 4 is 11.5 Å². The third-order valence-corrected chi connectivity index (χ3v) is 2.46. The Hall–Kier alpha value is -1.79. The monoisotopic (exact) mass is 237 g/mol. The first-order valence-corrected chi connectivity index (χ1v) is 5.14. The lowest BCUT2D eigenvalue weighted by molar-refractivity contribution is -0.384. The molecule has 0 radical (unpaired) electrons. The lowest BCUT2D eigenvalue weighted by Crippen LogP contribution is -2.37. The highest BCUT2D eigenvalue weighted by Crippen LogP contribution is 2.13. The van der Waals surface area contributed by atoms with E-state index in [0.717, 1.165) is 0 Å². The first kappa shape index (κ1) is 11.7. The zero-order chi connectivity index (χ0) is 12.3. The summed E-state index contributed by atoms with van der Waals surface area (Å²) < 4.78 is 10.2. The van der Waals surface area contributed by atoms with Crippen molar-refractivity contribution in [1.82, 2.24) is 0 Å². The van der Waals surface area contributed by atoms with Crippen LogP contribution >= 0.6 is 0 Å². The second kappa shape index (κ2) is 5.03. The Morgan fingerprint density at radius 2 is 2.06 bits per heavy atom. The fraction of sp³-hybridized carbons (Fsp3) is 0.364. The normalized spacial score (nSPS) is 15.3. The number of nitro benzene ring substituents is 1. The number of ether oxygens (including phenoxy) is 2. The maximum atomic E-state index is 11.6. The molecular formula is C11H11NO5. The molecule has 6 nitrogen and oxygen atoms in total. The second-order valence-corrected chi connectivity index (χ2v) is 3.70. The average Bonchev–Trinajstić information content (AvgIpc) is 2.27. The Morgan fingerprint density at radius 1 is 1.41 bits per heavy atom. The van der Waals surface area contributed by atoms with Crippen LogP contribution in [0.25, 0.3) is 0 Å². The SMILES string of the molecule is O=C(COC1COC1)c1ccc([N+](=O)[O-])cc1. The number of hydrogen-bond acceptors (Lipinski definition) is 5. The molecule has 1 heterocycles. The number of nitro groups is 1. The molecule has 17 heavy (non-hydrogen) atoms. The molecule has 0 amide bonds. The van der Waals surface area contributed by atoms with Crippen LogP contribution in [0.3, 0.4) is 0 Å². The topological polar surface area (TPSA) is 78.7 Å². The third-order valence-electron chi connectivity index (χ3n) is 2.46. The summed E-state index contributed by atoms with van der Waals surface area (Å²) in [7, 11) is 0. The van der Waals surface area contributed by atoms with Gasteiger partial charge in [0.1, 0.15) is 12.7 Å². The summed E-state index contributed by atoms with van der Waals surface area (Å²) >= 11 is 0. The fourth-order valence-electron chi connectivity index (χ4n) is 1.36. The number of nitrogens with zero attached hydrogens (tertiary/aromatic N) is 1. The highest BCUT2D eigenvalue weighted by molar-refractivity contribution is 5.97. The molecule has 0 aromatic heterocycles. The molecule has 0 spiro atoms. The molecule has 1 saturated heterocycles. The number of ketones is 1. The van der Waals surface area contributed by atoms with E-state index in [0.29, 0.717) is 18.8 Å². The summed E-state index contributed by atoms with van der Waals surface area (Å²) in [6.07, 6.45) is -0.00278. The van der Waals surface area contributed by atoms with E-state index in [1.54, 1.807) is 0 Å². The molecule has 1 aromatic carbocycles. The van der Waals surface area contributed by atoms with E-state index < -0.39 is 4.92 Å². The van der Waals surface area contributed by atoms with Crippen LogP contribution < -0.4 is 0 Å². The van der Waals surface area contributed by atoms with E-state index in [-0.39, 0.29) is 24.2 Å². The van der Waals surface area contributed by atoms with Crippen LogP contribution in [-0.2, 0) is 9.47 Å². The number of hydrogen-bond donors (Lipinski definition) is 0. The number of benzene rings is 1. The highest BCUT2D eigenvalue weighted by atomic mass is 16.6. The number of rotatable bonds is 5. The molecule has 6 heteroatoms. The standard InChI is InChI=1S/C11H11NO5/c13-11(7-17-10-5-16-6-10)8-1-3-9(4-2-8)12(14)15/h1-4,10H,5-7H2. The van der Waals surface area contributed by atoms with Crippen LogP contribution in [0, 0.1) is 10.1 Å². The molecule has 1 aromatic rings. The van der Waals surface area contributed by atoms with E-state index in [4.69, 9.17) is 9.47 Å². The molecule has 1 aliphatic heterocycles. The van der Waals surface area contributed by atoms with Crippen LogP contribution in [0.4, 0.5) is 5.69 Å². The summed E-state index contributed by atoms with van der Waals surface area (Å²) in [6, 6.07) is 5.47. The summed E-state index contributed by atoms with van der Waals surface area (Å²) in [5.41, 5.74) is 0.380. The summed E-state index contributed by atoms with van der Waals surface area (Å²) in [5.74, 6) is -0.188. The van der Waals surface area contributed by atoms with Crippen molar-refractivity contribution in [3.8, 4) is 0 Å². The zero-order valence-electron chi connectivity index (χ0n) is 9.00. The van der Waals surface area contributed by atoms with Gasteiger partial charge >= 0.3 is 0 Å². The van der Waals surface area contributed by atoms with Gasteiger partial charge in [0.2, 0.25) is 0 Å². The van der Waals surface area contributed by atoms with Crippen LogP contribution in [0.15, 0.2) is 24.3 Å². The van der Waals surface area contributed by atoms with Crippen LogP contribution in [0.2, 0.25) is 0 Å². The Balaban J connectivity index is 1.91. The lowest BCUT2D eigenvalue weighted by Gasteiger charge is -2.25. The largest absolute Gasteiger partial charge is 0.376 e. The number of carbonyl (C=O) groups excluding carboxylic acids is 1. The van der Waals surface area contributed by atoms with Crippen molar-refractivity contribution in [1.29, 1.82) is 0 Å². The van der Waals surface area contributed by atoms with Gasteiger partial charge in [-0.05, 0) is 12.1 Å². The molecule has 1 aliphatic rings. The van der Waals surface area contributed by atoms with Crippen molar-refractivity contribution in [3.63, 3.8) is 0 Å². The van der Waals surface area contributed by atoms with Gasteiger partial charge in [-0.15, -0.1) is 0 Å². The number of carbonyl (C=O) groups is 1. The smallest absolute Gasteiger partial charge is 0.269 e. The maximum absolute atomic E-state index is 11.6.